The molecule has 1 aromatic carbocycles. The van der Waals surface area contributed by atoms with Gasteiger partial charge in [0.2, 0.25) is 0 Å². The van der Waals surface area contributed by atoms with Crippen LogP contribution in [0, 0.1) is 0 Å². The van der Waals surface area contributed by atoms with Gasteiger partial charge in [-0.05, 0) is 31.0 Å². The quantitative estimate of drug-likeness (QED) is 0.554. The molecule has 0 N–H and O–H groups in total. The van der Waals surface area contributed by atoms with Gasteiger partial charge in [0, 0.05) is 30.8 Å². The van der Waals surface area contributed by atoms with Gasteiger partial charge >= 0.3 is 6.09 Å². The maximum absolute atomic E-state index is 13.2. The monoisotopic (exact) mass is 475 g/mol. The topological polar surface area (TPSA) is 102 Å². The Morgan fingerprint density at radius 3 is 2.69 bits per heavy atom. The van der Waals surface area contributed by atoms with E-state index < -0.39 is 16.1 Å². The second kappa shape index (κ2) is 8.23. The van der Waals surface area contributed by atoms with E-state index in [1.54, 1.807) is 30.2 Å². The van der Waals surface area contributed by atoms with Crippen molar-refractivity contribution < 1.29 is 27.2 Å². The van der Waals surface area contributed by atoms with Crippen LogP contribution in [0.3, 0.4) is 0 Å². The number of fused-ring (bicyclic) bond motifs is 1. The third-order valence-electron chi connectivity index (χ3n) is 5.74. The maximum Gasteiger partial charge on any atom is 0.415 e. The van der Waals surface area contributed by atoms with E-state index in [9.17, 15) is 13.2 Å². The smallest absolute Gasteiger partial charge is 0.415 e. The molecule has 2 aliphatic heterocycles. The molecule has 0 unspecified atom stereocenters. The molecule has 0 radical (unpaired) electrons. The third-order valence-corrected chi connectivity index (χ3v) is 9.20. The fourth-order valence-corrected chi connectivity index (χ4v) is 7.04. The second-order valence-corrected chi connectivity index (χ2v) is 10.8. The van der Waals surface area contributed by atoms with Crippen LogP contribution >= 0.6 is 11.3 Å². The van der Waals surface area contributed by atoms with Crippen molar-refractivity contribution in [3.63, 3.8) is 0 Å². The number of hydrogen-bond donors (Lipinski definition) is 0. The highest BCUT2D eigenvalue weighted by Gasteiger charge is 2.38. The molecular weight excluding hydrogens is 454 g/mol. The van der Waals surface area contributed by atoms with E-state index >= 15 is 0 Å². The average Bonchev–Trinajstić information content (AvgIpc) is 3.51. The Labute approximate surface area is 189 Å². The number of rotatable bonds is 5. The first kappa shape index (κ1) is 21.0. The number of piperidine rings is 1. The normalized spacial score (nSPS) is 17.8. The Morgan fingerprint density at radius 2 is 1.97 bits per heavy atom. The van der Waals surface area contributed by atoms with Crippen LogP contribution in [0.25, 0.3) is 10.6 Å². The molecule has 168 valence electrons. The number of aromatic nitrogens is 1. The van der Waals surface area contributed by atoms with Crippen molar-refractivity contribution in [1.82, 2.24) is 9.46 Å². The minimum absolute atomic E-state index is 0.183. The van der Waals surface area contributed by atoms with E-state index in [1.807, 2.05) is 18.2 Å². The highest BCUT2D eigenvalue weighted by atomic mass is 32.2. The van der Waals surface area contributed by atoms with Crippen LogP contribution in [0.1, 0.15) is 18.4 Å². The zero-order valence-electron chi connectivity index (χ0n) is 17.3. The summed E-state index contributed by atoms with van der Waals surface area (Å²) in [5, 5.41) is 3.67. The molecule has 1 saturated heterocycles. The van der Waals surface area contributed by atoms with E-state index in [0.29, 0.717) is 48.0 Å². The molecule has 2 aliphatic rings. The third kappa shape index (κ3) is 3.55. The number of carbonyl (C=O) groups is 1. The van der Waals surface area contributed by atoms with Gasteiger partial charge in [0.15, 0.2) is 5.76 Å². The van der Waals surface area contributed by atoms with Crippen LogP contribution in [0.4, 0.5) is 10.5 Å². The van der Waals surface area contributed by atoms with Crippen molar-refractivity contribution in [2.45, 2.75) is 29.7 Å². The number of amides is 1. The number of ether oxygens (including phenoxy) is 2. The van der Waals surface area contributed by atoms with Crippen LogP contribution in [0.15, 0.2) is 51.3 Å². The Hall–Kier alpha value is -2.89. The summed E-state index contributed by atoms with van der Waals surface area (Å²) in [6.45, 7) is 0.800. The Bertz CT molecular complexity index is 1220. The highest BCUT2D eigenvalue weighted by Crippen LogP contribution is 2.40. The molecule has 5 rings (SSSR count). The summed E-state index contributed by atoms with van der Waals surface area (Å²) in [6, 6.07) is 10.4. The highest BCUT2D eigenvalue weighted by molar-refractivity contribution is 7.91. The van der Waals surface area contributed by atoms with Gasteiger partial charge in [-0.1, -0.05) is 17.3 Å². The van der Waals surface area contributed by atoms with Crippen LogP contribution < -0.4 is 9.64 Å². The lowest BCUT2D eigenvalue weighted by Crippen LogP contribution is -2.50. The van der Waals surface area contributed by atoms with E-state index in [0.717, 1.165) is 16.9 Å². The number of carbonyl (C=O) groups excluding carboxylic acids is 1. The van der Waals surface area contributed by atoms with Gasteiger partial charge in [0.1, 0.15) is 16.6 Å². The Balaban J connectivity index is 1.34. The molecule has 0 bridgehead atoms. The number of methoxy groups -OCH3 is 1. The summed E-state index contributed by atoms with van der Waals surface area (Å²) < 4.78 is 44.1. The van der Waals surface area contributed by atoms with Gasteiger partial charge in [-0.25, -0.2) is 13.2 Å². The first-order valence-corrected chi connectivity index (χ1v) is 12.4. The number of benzene rings is 1. The predicted molar refractivity (Wildman–Crippen MR) is 117 cm³/mol. The molecule has 0 spiro atoms. The molecule has 0 saturated carbocycles. The van der Waals surface area contributed by atoms with E-state index in [2.05, 4.69) is 5.16 Å². The summed E-state index contributed by atoms with van der Waals surface area (Å²) in [5.41, 5.74) is 1.58. The van der Waals surface area contributed by atoms with Crippen molar-refractivity contribution in [2.75, 3.05) is 25.1 Å². The zero-order chi connectivity index (χ0) is 22.3. The molecule has 32 heavy (non-hydrogen) atoms. The molecule has 0 aliphatic carbocycles. The van der Waals surface area contributed by atoms with Gasteiger partial charge < -0.3 is 14.0 Å². The standard InChI is InChI=1S/C21H21N3O6S2/c1-28-17-4-2-3-14-13-29-21(25)24(20(14)17)15-8-11-23(12-9-15)32(26,27)19-6-5-18(31-19)16-7-10-22-30-16/h2-7,10,15H,8-9,11-13H2,1H3. The molecule has 4 heterocycles. The molecule has 3 aromatic rings. The summed E-state index contributed by atoms with van der Waals surface area (Å²) >= 11 is 1.15. The SMILES string of the molecule is COc1cccc2c1N(C1CCN(S(=O)(=O)c3ccc(-c4ccno4)s3)CC1)C(=O)OC2. The molecule has 1 amide bonds. The van der Waals surface area contributed by atoms with Crippen molar-refractivity contribution >= 4 is 33.1 Å². The van der Waals surface area contributed by atoms with Gasteiger partial charge in [-0.3, -0.25) is 4.90 Å². The molecule has 0 atom stereocenters. The fourth-order valence-electron chi connectivity index (χ4n) is 4.16. The number of nitrogens with zero attached hydrogens (tertiary/aromatic N) is 3. The van der Waals surface area contributed by atoms with Crippen molar-refractivity contribution in [3.05, 3.63) is 48.2 Å². The van der Waals surface area contributed by atoms with Gasteiger partial charge in [-0.15, -0.1) is 11.3 Å². The number of hydrogen-bond acceptors (Lipinski definition) is 8. The van der Waals surface area contributed by atoms with E-state index in [-0.39, 0.29) is 16.9 Å². The number of anilines is 1. The van der Waals surface area contributed by atoms with Crippen LogP contribution in [0.2, 0.25) is 0 Å². The Morgan fingerprint density at radius 1 is 1.16 bits per heavy atom. The number of thiophene rings is 1. The first-order valence-electron chi connectivity index (χ1n) is 10.1. The van der Waals surface area contributed by atoms with E-state index in [4.69, 9.17) is 14.0 Å². The van der Waals surface area contributed by atoms with Crippen LogP contribution in [0.5, 0.6) is 5.75 Å². The lowest BCUT2D eigenvalue weighted by atomic mass is 10.0. The predicted octanol–water partition coefficient (Wildman–Crippen LogP) is 3.72. The minimum Gasteiger partial charge on any atom is -0.495 e. The molecular formula is C21H21N3O6S2. The van der Waals surface area contributed by atoms with Gasteiger partial charge in [0.25, 0.3) is 10.0 Å². The molecule has 9 nitrogen and oxygen atoms in total. The van der Waals surface area contributed by atoms with Gasteiger partial charge in [0.05, 0.1) is 23.9 Å². The summed E-state index contributed by atoms with van der Waals surface area (Å²) in [6.07, 6.45) is 2.07. The molecule has 1 fully saturated rings. The van der Waals surface area contributed by atoms with Crippen molar-refractivity contribution in [2.24, 2.45) is 0 Å². The number of para-hydroxylation sites is 1. The fraction of sp³-hybridized carbons (Fsp3) is 0.333. The van der Waals surface area contributed by atoms with E-state index in [1.165, 1.54) is 10.5 Å². The minimum atomic E-state index is -3.64. The average molecular weight is 476 g/mol. The zero-order valence-corrected chi connectivity index (χ0v) is 18.9. The second-order valence-electron chi connectivity index (χ2n) is 7.52. The summed E-state index contributed by atoms with van der Waals surface area (Å²) in [7, 11) is -2.08. The molecule has 11 heteroatoms. The van der Waals surface area contributed by atoms with Crippen LogP contribution in [-0.4, -0.2) is 50.2 Å². The lowest BCUT2D eigenvalue weighted by molar-refractivity contribution is 0.135. The number of sulfonamides is 1. The van der Waals surface area contributed by atoms with Crippen molar-refractivity contribution in [3.8, 4) is 16.4 Å². The first-order chi connectivity index (χ1) is 15.5. The Kier molecular flexibility index (Phi) is 5.39. The number of cyclic esters (lactones) is 1. The lowest BCUT2D eigenvalue weighted by Gasteiger charge is -2.40. The maximum atomic E-state index is 13.2. The van der Waals surface area contributed by atoms with Crippen LogP contribution in [-0.2, 0) is 21.4 Å². The summed E-state index contributed by atoms with van der Waals surface area (Å²) in [4.78, 5) is 15.0. The summed E-state index contributed by atoms with van der Waals surface area (Å²) in [5.74, 6) is 1.14. The largest absolute Gasteiger partial charge is 0.495 e. The van der Waals surface area contributed by atoms with Gasteiger partial charge in [-0.2, -0.15) is 4.31 Å². The molecule has 2 aromatic heterocycles. The van der Waals surface area contributed by atoms with Crippen molar-refractivity contribution in [1.29, 1.82) is 0 Å².